The van der Waals surface area contributed by atoms with E-state index >= 15 is 0 Å². The summed E-state index contributed by atoms with van der Waals surface area (Å²) in [5.74, 6) is -1.42. The van der Waals surface area contributed by atoms with Crippen molar-refractivity contribution in [2.45, 2.75) is 5.92 Å². The molecule has 1 heterocycles. The lowest BCUT2D eigenvalue weighted by Gasteiger charge is -2.12. The molecule has 0 fully saturated rings. The molecule has 3 rings (SSSR count). The minimum atomic E-state index is -1.07. The van der Waals surface area contributed by atoms with Crippen LogP contribution in [0.25, 0.3) is 6.08 Å². The van der Waals surface area contributed by atoms with Gasteiger partial charge in [-0.05, 0) is 29.3 Å². The Labute approximate surface area is 165 Å². The van der Waals surface area contributed by atoms with Crippen LogP contribution in [-0.4, -0.2) is 22.7 Å². The number of nitrogens with two attached hydrogens (primary N) is 1. The van der Waals surface area contributed by atoms with Crippen LogP contribution >= 0.6 is 23.4 Å². The molecule has 1 unspecified atom stereocenters. The number of carboxylic acids is 1. The fourth-order valence-corrected chi connectivity index (χ4v) is 4.13. The standard InChI is InChI=1S/C20H17ClN2O3S/c21-14-8-6-13(7-9-14)15-11-27-19(17(15)20(25)26)23-18(24)16(22)10-12-4-2-1-3-5-12/h1-10,15H,11,22H2,(H,23,24)(H,25,26)/b16-10-. The highest BCUT2D eigenvalue weighted by Crippen LogP contribution is 2.41. The topological polar surface area (TPSA) is 92.4 Å². The molecular weight excluding hydrogens is 384 g/mol. The molecule has 1 atom stereocenters. The van der Waals surface area contributed by atoms with Gasteiger partial charge >= 0.3 is 5.97 Å². The molecule has 1 amide bonds. The second kappa shape index (κ2) is 8.33. The van der Waals surface area contributed by atoms with E-state index in [0.29, 0.717) is 15.8 Å². The number of nitrogens with one attached hydrogen (secondary N) is 1. The lowest BCUT2D eigenvalue weighted by atomic mass is 9.93. The Hall–Kier alpha value is -2.70. The zero-order valence-corrected chi connectivity index (χ0v) is 15.8. The summed E-state index contributed by atoms with van der Waals surface area (Å²) >= 11 is 7.19. The maximum absolute atomic E-state index is 12.4. The molecule has 0 aromatic heterocycles. The molecule has 0 radical (unpaired) electrons. The molecule has 2 aromatic carbocycles. The van der Waals surface area contributed by atoms with Crippen LogP contribution in [0.4, 0.5) is 0 Å². The van der Waals surface area contributed by atoms with Crippen molar-refractivity contribution in [1.29, 1.82) is 0 Å². The van der Waals surface area contributed by atoms with Gasteiger partial charge in [-0.25, -0.2) is 4.79 Å². The predicted octanol–water partition coefficient (Wildman–Crippen LogP) is 3.58. The Morgan fingerprint density at radius 2 is 1.81 bits per heavy atom. The fourth-order valence-electron chi connectivity index (χ4n) is 2.76. The van der Waals surface area contributed by atoms with E-state index in [4.69, 9.17) is 17.3 Å². The highest BCUT2D eigenvalue weighted by molar-refractivity contribution is 8.03. The molecule has 0 spiro atoms. The van der Waals surface area contributed by atoms with Gasteiger partial charge in [-0.1, -0.05) is 54.1 Å². The van der Waals surface area contributed by atoms with Gasteiger partial charge in [-0.3, -0.25) is 4.79 Å². The van der Waals surface area contributed by atoms with E-state index in [0.717, 1.165) is 11.1 Å². The molecule has 5 nitrogen and oxygen atoms in total. The number of thioether (sulfide) groups is 1. The zero-order chi connectivity index (χ0) is 19.4. The van der Waals surface area contributed by atoms with Gasteiger partial charge in [0, 0.05) is 16.7 Å². The second-order valence-corrected chi connectivity index (χ2v) is 7.39. The molecule has 27 heavy (non-hydrogen) atoms. The average Bonchev–Trinajstić information content (AvgIpc) is 3.07. The van der Waals surface area contributed by atoms with E-state index in [9.17, 15) is 14.7 Å². The molecule has 0 bridgehead atoms. The van der Waals surface area contributed by atoms with E-state index < -0.39 is 11.9 Å². The molecule has 2 aromatic rings. The molecule has 1 aliphatic heterocycles. The van der Waals surface area contributed by atoms with Crippen LogP contribution in [0.3, 0.4) is 0 Å². The van der Waals surface area contributed by atoms with Crippen molar-refractivity contribution < 1.29 is 14.7 Å². The van der Waals surface area contributed by atoms with Gasteiger partial charge < -0.3 is 16.2 Å². The van der Waals surface area contributed by atoms with Gasteiger partial charge in [0.1, 0.15) is 0 Å². The largest absolute Gasteiger partial charge is 0.478 e. The summed E-state index contributed by atoms with van der Waals surface area (Å²) in [6.45, 7) is 0. The maximum atomic E-state index is 12.4. The average molecular weight is 401 g/mol. The van der Waals surface area contributed by atoms with Crippen molar-refractivity contribution in [3.05, 3.63) is 87.0 Å². The number of carbonyl (C=O) groups excluding carboxylic acids is 1. The summed E-state index contributed by atoms with van der Waals surface area (Å²) in [6.07, 6.45) is 1.55. The van der Waals surface area contributed by atoms with Gasteiger partial charge in [0.2, 0.25) is 0 Å². The van der Waals surface area contributed by atoms with E-state index in [2.05, 4.69) is 5.32 Å². The van der Waals surface area contributed by atoms with Crippen LogP contribution in [0.2, 0.25) is 5.02 Å². The first kappa shape index (κ1) is 19.1. The van der Waals surface area contributed by atoms with Crippen LogP contribution in [0, 0.1) is 0 Å². The number of aliphatic carboxylic acids is 1. The summed E-state index contributed by atoms with van der Waals surface area (Å²) in [5.41, 5.74) is 7.65. The maximum Gasteiger partial charge on any atom is 0.334 e. The van der Waals surface area contributed by atoms with Crippen molar-refractivity contribution in [1.82, 2.24) is 5.32 Å². The Morgan fingerprint density at radius 3 is 2.44 bits per heavy atom. The van der Waals surface area contributed by atoms with Crippen molar-refractivity contribution in [2.24, 2.45) is 5.73 Å². The number of halogens is 1. The molecule has 1 aliphatic rings. The quantitative estimate of drug-likeness (QED) is 0.667. The summed E-state index contributed by atoms with van der Waals surface area (Å²) in [7, 11) is 0. The first-order valence-corrected chi connectivity index (χ1v) is 9.51. The number of amides is 1. The Morgan fingerprint density at radius 1 is 1.15 bits per heavy atom. The molecule has 4 N–H and O–H groups in total. The minimum Gasteiger partial charge on any atom is -0.478 e. The lowest BCUT2D eigenvalue weighted by Crippen LogP contribution is -2.28. The van der Waals surface area contributed by atoms with Gasteiger partial charge in [0.25, 0.3) is 5.91 Å². The summed E-state index contributed by atoms with van der Waals surface area (Å²) in [6, 6.07) is 16.2. The van der Waals surface area contributed by atoms with Crippen molar-refractivity contribution in [2.75, 3.05) is 5.75 Å². The molecule has 138 valence electrons. The first-order chi connectivity index (χ1) is 13.0. The van der Waals surface area contributed by atoms with Crippen LogP contribution in [0.1, 0.15) is 17.0 Å². The van der Waals surface area contributed by atoms with Gasteiger partial charge in [0.15, 0.2) is 0 Å². The monoisotopic (exact) mass is 400 g/mol. The van der Waals surface area contributed by atoms with E-state index in [1.54, 1.807) is 30.3 Å². The number of rotatable bonds is 5. The smallest absolute Gasteiger partial charge is 0.334 e. The summed E-state index contributed by atoms with van der Waals surface area (Å²) < 4.78 is 0. The number of carboxylic acid groups (broad SMARTS) is 1. The second-order valence-electron chi connectivity index (χ2n) is 5.93. The summed E-state index contributed by atoms with van der Waals surface area (Å²) in [4.78, 5) is 24.2. The van der Waals surface area contributed by atoms with E-state index in [1.165, 1.54) is 11.8 Å². The lowest BCUT2D eigenvalue weighted by molar-refractivity contribution is -0.132. The van der Waals surface area contributed by atoms with Crippen molar-refractivity contribution in [3.63, 3.8) is 0 Å². The van der Waals surface area contributed by atoms with Crippen LogP contribution in [0.15, 0.2) is 70.9 Å². The van der Waals surface area contributed by atoms with Crippen LogP contribution in [-0.2, 0) is 9.59 Å². The molecular formula is C20H17ClN2O3S. The normalized spacial score (nSPS) is 17.1. The Bertz CT molecular complexity index is 924. The molecule has 7 heteroatoms. The molecule has 0 aliphatic carbocycles. The molecule has 0 saturated heterocycles. The van der Waals surface area contributed by atoms with Gasteiger partial charge in [0.05, 0.1) is 16.3 Å². The number of benzene rings is 2. The summed E-state index contributed by atoms with van der Waals surface area (Å²) in [5, 5.41) is 13.2. The minimum absolute atomic E-state index is 0.00832. The SMILES string of the molecule is N/C(=C\c1ccccc1)C(=O)NC1=C(C(=O)O)C(c2ccc(Cl)cc2)CS1. The van der Waals surface area contributed by atoms with E-state index in [1.807, 2.05) is 30.3 Å². The zero-order valence-electron chi connectivity index (χ0n) is 14.2. The fraction of sp³-hybridized carbons (Fsp3) is 0.100. The molecule has 0 saturated carbocycles. The highest BCUT2D eigenvalue weighted by Gasteiger charge is 2.33. The van der Waals surface area contributed by atoms with Crippen LogP contribution in [0.5, 0.6) is 0 Å². The number of hydrogen-bond donors (Lipinski definition) is 3. The van der Waals surface area contributed by atoms with Crippen LogP contribution < -0.4 is 11.1 Å². The number of carbonyl (C=O) groups is 2. The van der Waals surface area contributed by atoms with Gasteiger partial charge in [-0.15, -0.1) is 11.8 Å². The third-order valence-corrected chi connectivity index (χ3v) is 5.46. The number of hydrogen-bond acceptors (Lipinski definition) is 4. The Balaban J connectivity index is 1.83. The first-order valence-electron chi connectivity index (χ1n) is 8.15. The highest BCUT2D eigenvalue weighted by atomic mass is 35.5. The van der Waals surface area contributed by atoms with Gasteiger partial charge in [-0.2, -0.15) is 0 Å². The third kappa shape index (κ3) is 4.53. The van der Waals surface area contributed by atoms with Crippen molar-refractivity contribution >= 4 is 41.3 Å². The predicted molar refractivity (Wildman–Crippen MR) is 108 cm³/mol. The Kier molecular flexibility index (Phi) is 5.88. The van der Waals surface area contributed by atoms with Crippen molar-refractivity contribution in [3.8, 4) is 0 Å². The van der Waals surface area contributed by atoms with E-state index in [-0.39, 0.29) is 17.2 Å². The third-order valence-electron chi connectivity index (χ3n) is 4.10.